The van der Waals surface area contributed by atoms with Crippen molar-refractivity contribution in [3.63, 3.8) is 0 Å². The van der Waals surface area contributed by atoms with Crippen LogP contribution in [-0.2, 0) is 4.79 Å². The molecule has 126 valence electrons. The molecule has 1 aliphatic heterocycles. The Bertz CT molecular complexity index is 696. The summed E-state index contributed by atoms with van der Waals surface area (Å²) in [7, 11) is 1.66. The highest BCUT2D eigenvalue weighted by molar-refractivity contribution is 5.78. The van der Waals surface area contributed by atoms with Gasteiger partial charge in [-0.15, -0.1) is 0 Å². The molecule has 1 heterocycles. The summed E-state index contributed by atoms with van der Waals surface area (Å²) < 4.78 is 10.9. The van der Waals surface area contributed by atoms with Crippen molar-refractivity contribution in [2.45, 2.75) is 25.8 Å². The van der Waals surface area contributed by atoms with Gasteiger partial charge in [0, 0.05) is 6.54 Å². The Morgan fingerprint density at radius 3 is 2.71 bits per heavy atom. The predicted molar refractivity (Wildman–Crippen MR) is 93.4 cm³/mol. The highest BCUT2D eigenvalue weighted by Gasteiger charge is 2.30. The lowest BCUT2D eigenvalue weighted by atomic mass is 10.0. The summed E-state index contributed by atoms with van der Waals surface area (Å²) in [5.74, 6) is 1.58. The molecule has 0 aliphatic carbocycles. The minimum atomic E-state index is 0.0286. The highest BCUT2D eigenvalue weighted by atomic mass is 16.5. The van der Waals surface area contributed by atoms with Crippen LogP contribution in [0.4, 0.5) is 0 Å². The molecule has 1 atom stereocenters. The second-order valence-corrected chi connectivity index (χ2v) is 6.12. The number of amides is 1. The number of hydrogen-bond donors (Lipinski definition) is 0. The summed E-state index contributed by atoms with van der Waals surface area (Å²) >= 11 is 0. The van der Waals surface area contributed by atoms with Crippen LogP contribution < -0.4 is 9.47 Å². The number of benzene rings is 2. The van der Waals surface area contributed by atoms with Gasteiger partial charge in [0.15, 0.2) is 6.61 Å². The number of ether oxygens (including phenoxy) is 2. The molecule has 1 amide bonds. The number of methoxy groups -OCH3 is 1. The van der Waals surface area contributed by atoms with Crippen LogP contribution in [0.1, 0.15) is 30.0 Å². The Kier molecular flexibility index (Phi) is 5.04. The molecule has 0 bridgehead atoms. The molecule has 0 aromatic heterocycles. The van der Waals surface area contributed by atoms with Crippen molar-refractivity contribution in [3.8, 4) is 11.5 Å². The first-order chi connectivity index (χ1) is 11.7. The Balaban J connectivity index is 1.65. The van der Waals surface area contributed by atoms with E-state index in [4.69, 9.17) is 9.47 Å². The van der Waals surface area contributed by atoms with Crippen molar-refractivity contribution >= 4 is 5.91 Å². The van der Waals surface area contributed by atoms with Crippen molar-refractivity contribution < 1.29 is 14.3 Å². The first-order valence-corrected chi connectivity index (χ1v) is 8.30. The van der Waals surface area contributed by atoms with E-state index in [0.717, 1.165) is 36.4 Å². The molecular weight excluding hydrogens is 302 g/mol. The topological polar surface area (TPSA) is 38.8 Å². The highest BCUT2D eigenvalue weighted by Crippen LogP contribution is 2.33. The minimum absolute atomic E-state index is 0.0286. The van der Waals surface area contributed by atoms with Crippen LogP contribution in [0, 0.1) is 6.92 Å². The van der Waals surface area contributed by atoms with E-state index in [9.17, 15) is 4.79 Å². The minimum Gasteiger partial charge on any atom is -0.497 e. The van der Waals surface area contributed by atoms with Crippen LogP contribution in [0.15, 0.2) is 48.5 Å². The number of carbonyl (C=O) groups is 1. The monoisotopic (exact) mass is 325 g/mol. The van der Waals surface area contributed by atoms with Gasteiger partial charge in [0.25, 0.3) is 5.91 Å². The molecular formula is C20H23NO3. The lowest BCUT2D eigenvalue weighted by Gasteiger charge is -2.25. The smallest absolute Gasteiger partial charge is 0.261 e. The fourth-order valence-corrected chi connectivity index (χ4v) is 3.12. The summed E-state index contributed by atoms with van der Waals surface area (Å²) in [6.07, 6.45) is 1.99. The van der Waals surface area contributed by atoms with Crippen molar-refractivity contribution in [2.75, 3.05) is 20.3 Å². The van der Waals surface area contributed by atoms with E-state index in [1.807, 2.05) is 54.3 Å². The number of aryl methyl sites for hydroxylation is 1. The quantitative estimate of drug-likeness (QED) is 0.840. The average Bonchev–Trinajstić information content (AvgIpc) is 3.11. The number of likely N-dealkylation sites (tertiary alicyclic amines) is 1. The lowest BCUT2D eigenvalue weighted by Crippen LogP contribution is -2.34. The summed E-state index contributed by atoms with van der Waals surface area (Å²) in [6.45, 7) is 2.87. The summed E-state index contributed by atoms with van der Waals surface area (Å²) in [4.78, 5) is 14.5. The maximum atomic E-state index is 12.6. The molecule has 0 radical (unpaired) electrons. The van der Waals surface area contributed by atoms with E-state index in [0.29, 0.717) is 0 Å². The summed E-state index contributed by atoms with van der Waals surface area (Å²) in [5, 5.41) is 0. The van der Waals surface area contributed by atoms with Gasteiger partial charge in [0.1, 0.15) is 11.5 Å². The van der Waals surface area contributed by atoms with Crippen molar-refractivity contribution in [2.24, 2.45) is 0 Å². The van der Waals surface area contributed by atoms with Gasteiger partial charge < -0.3 is 14.4 Å². The van der Waals surface area contributed by atoms with Gasteiger partial charge in [0.2, 0.25) is 0 Å². The zero-order valence-electron chi connectivity index (χ0n) is 14.2. The fourth-order valence-electron chi connectivity index (χ4n) is 3.12. The fraction of sp³-hybridized carbons (Fsp3) is 0.350. The van der Waals surface area contributed by atoms with Gasteiger partial charge in [-0.05, 0) is 49.6 Å². The molecule has 2 aromatic rings. The van der Waals surface area contributed by atoms with Crippen LogP contribution in [0.3, 0.4) is 0 Å². The van der Waals surface area contributed by atoms with E-state index in [1.54, 1.807) is 7.11 Å². The van der Waals surface area contributed by atoms with Crippen LogP contribution in [0.2, 0.25) is 0 Å². The van der Waals surface area contributed by atoms with E-state index in [2.05, 4.69) is 6.07 Å². The number of nitrogens with zero attached hydrogens (tertiary/aromatic N) is 1. The molecule has 1 unspecified atom stereocenters. The SMILES string of the molecule is COc1cccc(C2CCCN2C(=O)COc2ccc(C)cc2)c1. The zero-order valence-corrected chi connectivity index (χ0v) is 14.2. The normalized spacial score (nSPS) is 16.9. The molecule has 1 fully saturated rings. The Hall–Kier alpha value is -2.49. The van der Waals surface area contributed by atoms with E-state index in [-0.39, 0.29) is 18.6 Å². The maximum absolute atomic E-state index is 12.6. The van der Waals surface area contributed by atoms with E-state index in [1.165, 1.54) is 5.56 Å². The summed E-state index contributed by atoms with van der Waals surface area (Å²) in [5.41, 5.74) is 2.29. The van der Waals surface area contributed by atoms with Gasteiger partial charge in [-0.1, -0.05) is 29.8 Å². The van der Waals surface area contributed by atoms with Gasteiger partial charge in [-0.3, -0.25) is 4.79 Å². The van der Waals surface area contributed by atoms with Gasteiger partial charge >= 0.3 is 0 Å². The third-order valence-corrected chi connectivity index (χ3v) is 4.44. The lowest BCUT2D eigenvalue weighted by molar-refractivity contribution is -0.134. The first kappa shape index (κ1) is 16.4. The molecule has 0 saturated carbocycles. The molecule has 3 rings (SSSR count). The predicted octanol–water partition coefficient (Wildman–Crippen LogP) is 3.75. The van der Waals surface area contributed by atoms with Crippen LogP contribution in [0.25, 0.3) is 0 Å². The molecule has 4 nitrogen and oxygen atoms in total. The van der Waals surface area contributed by atoms with E-state index >= 15 is 0 Å². The summed E-state index contributed by atoms with van der Waals surface area (Å²) in [6, 6.07) is 15.8. The Morgan fingerprint density at radius 2 is 1.96 bits per heavy atom. The second kappa shape index (κ2) is 7.39. The van der Waals surface area contributed by atoms with Gasteiger partial charge in [-0.25, -0.2) is 0 Å². The van der Waals surface area contributed by atoms with Gasteiger partial charge in [0.05, 0.1) is 13.2 Å². The largest absolute Gasteiger partial charge is 0.497 e. The molecule has 4 heteroatoms. The molecule has 1 aliphatic rings. The van der Waals surface area contributed by atoms with Crippen molar-refractivity contribution in [1.29, 1.82) is 0 Å². The van der Waals surface area contributed by atoms with Crippen LogP contribution in [0.5, 0.6) is 11.5 Å². The molecule has 24 heavy (non-hydrogen) atoms. The maximum Gasteiger partial charge on any atom is 0.261 e. The number of carbonyl (C=O) groups excluding carboxylic acids is 1. The van der Waals surface area contributed by atoms with Crippen molar-refractivity contribution in [1.82, 2.24) is 4.90 Å². The molecule has 2 aromatic carbocycles. The second-order valence-electron chi connectivity index (χ2n) is 6.12. The van der Waals surface area contributed by atoms with Crippen LogP contribution >= 0.6 is 0 Å². The number of hydrogen-bond acceptors (Lipinski definition) is 3. The molecule has 0 N–H and O–H groups in total. The number of rotatable bonds is 5. The first-order valence-electron chi connectivity index (χ1n) is 8.30. The van der Waals surface area contributed by atoms with Crippen molar-refractivity contribution in [3.05, 3.63) is 59.7 Å². The van der Waals surface area contributed by atoms with Crippen LogP contribution in [-0.4, -0.2) is 31.1 Å². The Morgan fingerprint density at radius 1 is 1.17 bits per heavy atom. The Labute approximate surface area is 143 Å². The third kappa shape index (κ3) is 3.70. The average molecular weight is 325 g/mol. The van der Waals surface area contributed by atoms with E-state index < -0.39 is 0 Å². The zero-order chi connectivity index (χ0) is 16.9. The standard InChI is InChI=1S/C20H23NO3/c1-15-8-10-17(11-9-15)24-14-20(22)21-12-4-7-19(21)16-5-3-6-18(13-16)23-2/h3,5-6,8-11,13,19H,4,7,12,14H2,1-2H3. The molecule has 1 saturated heterocycles. The van der Waals surface area contributed by atoms with Gasteiger partial charge in [-0.2, -0.15) is 0 Å². The third-order valence-electron chi connectivity index (χ3n) is 4.44. The molecule has 0 spiro atoms.